The first kappa shape index (κ1) is 12.9. The van der Waals surface area contributed by atoms with Gasteiger partial charge in [-0.1, -0.05) is 20.3 Å². The number of hydrogen-bond acceptors (Lipinski definition) is 3. The number of rotatable bonds is 7. The molecule has 4 nitrogen and oxygen atoms in total. The van der Waals surface area contributed by atoms with Crippen molar-refractivity contribution in [2.24, 2.45) is 5.92 Å². The van der Waals surface area contributed by atoms with E-state index >= 15 is 0 Å². The summed E-state index contributed by atoms with van der Waals surface area (Å²) < 4.78 is 25.1. The van der Waals surface area contributed by atoms with Crippen LogP contribution in [0.1, 0.15) is 20.3 Å². The van der Waals surface area contributed by atoms with Gasteiger partial charge in [0.15, 0.2) is 0 Å². The first-order valence-electron chi connectivity index (χ1n) is 4.63. The van der Waals surface area contributed by atoms with Crippen LogP contribution in [0.3, 0.4) is 0 Å². The third-order valence-electron chi connectivity index (χ3n) is 1.97. The largest absolute Gasteiger partial charge is 0.319 e. The van der Waals surface area contributed by atoms with Gasteiger partial charge in [0, 0.05) is 13.1 Å². The second kappa shape index (κ2) is 6.34. The molecule has 0 aromatic rings. The Morgan fingerprint density at radius 3 is 2.46 bits per heavy atom. The van der Waals surface area contributed by atoms with Gasteiger partial charge in [-0.3, -0.25) is 0 Å². The highest BCUT2D eigenvalue weighted by molar-refractivity contribution is 7.89. The summed E-state index contributed by atoms with van der Waals surface area (Å²) in [5, 5.41) is 2.81. The quantitative estimate of drug-likeness (QED) is 0.627. The van der Waals surface area contributed by atoms with Gasteiger partial charge in [0.1, 0.15) is 0 Å². The van der Waals surface area contributed by atoms with Gasteiger partial charge in [0.05, 0.1) is 5.75 Å². The molecular formula is C8H20N2O2S. The summed E-state index contributed by atoms with van der Waals surface area (Å²) in [6.45, 7) is 5.12. The van der Waals surface area contributed by atoms with Crippen LogP contribution >= 0.6 is 0 Å². The molecule has 5 heteroatoms. The fourth-order valence-corrected chi connectivity index (χ4v) is 1.88. The lowest BCUT2D eigenvalue weighted by Crippen LogP contribution is -2.33. The van der Waals surface area contributed by atoms with Crippen molar-refractivity contribution in [1.29, 1.82) is 0 Å². The van der Waals surface area contributed by atoms with Crippen LogP contribution in [0.25, 0.3) is 0 Å². The highest BCUT2D eigenvalue weighted by atomic mass is 32.2. The molecule has 2 N–H and O–H groups in total. The summed E-state index contributed by atoms with van der Waals surface area (Å²) in [5.41, 5.74) is 0. The molecule has 0 heterocycles. The highest BCUT2D eigenvalue weighted by Crippen LogP contribution is 1.98. The fraction of sp³-hybridized carbons (Fsp3) is 1.00. The predicted octanol–water partition coefficient (Wildman–Crippen LogP) is 0.171. The molecule has 0 saturated carbocycles. The summed E-state index contributed by atoms with van der Waals surface area (Å²) in [7, 11) is -1.32. The molecule has 0 amide bonds. The van der Waals surface area contributed by atoms with E-state index in [4.69, 9.17) is 0 Å². The lowest BCUT2D eigenvalue weighted by atomic mass is 10.1. The van der Waals surface area contributed by atoms with Gasteiger partial charge in [-0.15, -0.1) is 0 Å². The van der Waals surface area contributed by atoms with Gasteiger partial charge in [-0.2, -0.15) is 0 Å². The zero-order valence-corrected chi connectivity index (χ0v) is 9.45. The molecule has 0 aromatic carbocycles. The Hall–Kier alpha value is -0.130. The van der Waals surface area contributed by atoms with E-state index in [0.29, 0.717) is 19.0 Å². The molecule has 0 fully saturated rings. The second-order valence-corrected chi connectivity index (χ2v) is 5.21. The smallest absolute Gasteiger partial charge is 0.212 e. The lowest BCUT2D eigenvalue weighted by Gasteiger charge is -2.10. The monoisotopic (exact) mass is 208 g/mol. The topological polar surface area (TPSA) is 58.2 Å². The normalized spacial score (nSPS) is 14.4. The van der Waals surface area contributed by atoms with Crippen LogP contribution in [-0.4, -0.2) is 34.3 Å². The molecule has 0 aliphatic rings. The van der Waals surface area contributed by atoms with Crippen molar-refractivity contribution < 1.29 is 8.42 Å². The lowest BCUT2D eigenvalue weighted by molar-refractivity contribution is 0.527. The van der Waals surface area contributed by atoms with Crippen molar-refractivity contribution in [3.05, 3.63) is 0 Å². The Bertz CT molecular complexity index is 214. The molecule has 0 saturated heterocycles. The van der Waals surface area contributed by atoms with Gasteiger partial charge < -0.3 is 5.32 Å². The number of nitrogens with one attached hydrogen (secondary N) is 2. The van der Waals surface area contributed by atoms with Crippen LogP contribution in [0.4, 0.5) is 0 Å². The minimum atomic E-state index is -3.06. The van der Waals surface area contributed by atoms with Crippen LogP contribution in [0.2, 0.25) is 0 Å². The third kappa shape index (κ3) is 6.98. The van der Waals surface area contributed by atoms with Crippen molar-refractivity contribution in [2.75, 3.05) is 25.9 Å². The van der Waals surface area contributed by atoms with Gasteiger partial charge in [-0.25, -0.2) is 13.1 Å². The summed E-state index contributed by atoms with van der Waals surface area (Å²) in [6.07, 6.45) is 0.995. The maximum Gasteiger partial charge on any atom is 0.212 e. The van der Waals surface area contributed by atoms with Gasteiger partial charge in [0.25, 0.3) is 0 Å². The Morgan fingerprint density at radius 2 is 2.00 bits per heavy atom. The van der Waals surface area contributed by atoms with Crippen LogP contribution < -0.4 is 10.0 Å². The number of hydrogen-bond donors (Lipinski definition) is 2. The summed E-state index contributed by atoms with van der Waals surface area (Å²) >= 11 is 0. The van der Waals surface area contributed by atoms with Gasteiger partial charge in [-0.05, 0) is 13.0 Å². The molecule has 1 unspecified atom stereocenters. The van der Waals surface area contributed by atoms with Crippen molar-refractivity contribution in [1.82, 2.24) is 10.0 Å². The van der Waals surface area contributed by atoms with Crippen molar-refractivity contribution in [3.8, 4) is 0 Å². The van der Waals surface area contributed by atoms with E-state index in [1.165, 1.54) is 0 Å². The standard InChI is InChI=1S/C8H20N2O2S/c1-4-8(2)7-10-13(11,12)6-5-9-3/h8-10H,4-7H2,1-3H3. The predicted molar refractivity (Wildman–Crippen MR) is 55.2 cm³/mol. The van der Waals surface area contributed by atoms with E-state index in [2.05, 4.69) is 10.0 Å². The average Bonchev–Trinajstić information content (AvgIpc) is 2.11. The molecule has 13 heavy (non-hydrogen) atoms. The average molecular weight is 208 g/mol. The van der Waals surface area contributed by atoms with E-state index < -0.39 is 10.0 Å². The van der Waals surface area contributed by atoms with E-state index in [1.807, 2.05) is 13.8 Å². The number of sulfonamides is 1. The molecule has 0 aliphatic heterocycles. The maximum absolute atomic E-state index is 11.3. The minimum Gasteiger partial charge on any atom is -0.319 e. The third-order valence-corrected chi connectivity index (χ3v) is 3.32. The zero-order valence-electron chi connectivity index (χ0n) is 8.63. The van der Waals surface area contributed by atoms with E-state index in [0.717, 1.165) is 6.42 Å². The van der Waals surface area contributed by atoms with Crippen LogP contribution in [0.5, 0.6) is 0 Å². The molecule has 0 aromatic heterocycles. The summed E-state index contributed by atoms with van der Waals surface area (Å²) in [4.78, 5) is 0. The highest BCUT2D eigenvalue weighted by Gasteiger charge is 2.09. The van der Waals surface area contributed by atoms with Crippen molar-refractivity contribution in [2.45, 2.75) is 20.3 Å². The molecule has 0 rings (SSSR count). The molecule has 0 bridgehead atoms. The first-order valence-corrected chi connectivity index (χ1v) is 6.29. The van der Waals surface area contributed by atoms with Gasteiger partial charge >= 0.3 is 0 Å². The first-order chi connectivity index (χ1) is 6.02. The maximum atomic E-state index is 11.3. The Balaban J connectivity index is 3.76. The molecule has 0 spiro atoms. The fourth-order valence-electron chi connectivity index (χ4n) is 0.722. The molecule has 0 radical (unpaired) electrons. The Morgan fingerprint density at radius 1 is 1.38 bits per heavy atom. The Kier molecular flexibility index (Phi) is 6.28. The van der Waals surface area contributed by atoms with E-state index in [-0.39, 0.29) is 5.75 Å². The van der Waals surface area contributed by atoms with Crippen LogP contribution in [-0.2, 0) is 10.0 Å². The van der Waals surface area contributed by atoms with E-state index in [9.17, 15) is 8.42 Å². The van der Waals surface area contributed by atoms with Crippen LogP contribution in [0.15, 0.2) is 0 Å². The Labute approximate surface area is 81.2 Å². The molecule has 80 valence electrons. The van der Waals surface area contributed by atoms with Crippen molar-refractivity contribution in [3.63, 3.8) is 0 Å². The van der Waals surface area contributed by atoms with Gasteiger partial charge in [0.2, 0.25) is 10.0 Å². The van der Waals surface area contributed by atoms with E-state index in [1.54, 1.807) is 7.05 Å². The van der Waals surface area contributed by atoms with Crippen LogP contribution in [0, 0.1) is 5.92 Å². The molecule has 0 aliphatic carbocycles. The summed E-state index contributed by atoms with van der Waals surface area (Å²) in [5.74, 6) is 0.560. The molecular weight excluding hydrogens is 188 g/mol. The SMILES string of the molecule is CCC(C)CNS(=O)(=O)CCNC. The second-order valence-electron chi connectivity index (χ2n) is 3.28. The summed E-state index contributed by atoms with van der Waals surface area (Å²) in [6, 6.07) is 0. The van der Waals surface area contributed by atoms with Crippen molar-refractivity contribution >= 4 is 10.0 Å². The molecule has 1 atom stereocenters. The minimum absolute atomic E-state index is 0.153. The zero-order chi connectivity index (χ0) is 10.3.